The average Bonchev–Trinajstić information content (AvgIpc) is 3.56. The van der Waals surface area contributed by atoms with Crippen molar-refractivity contribution in [1.82, 2.24) is 14.7 Å². The van der Waals surface area contributed by atoms with Gasteiger partial charge < -0.3 is 4.90 Å². The van der Waals surface area contributed by atoms with Gasteiger partial charge >= 0.3 is 0 Å². The SMILES string of the molecule is O=C(c1nn(-c2ccccc2)c2c1CCCCC2)N(CC1CC1)C1CC1. The zero-order valence-electron chi connectivity index (χ0n) is 15.4. The first kappa shape index (κ1) is 16.1. The van der Waals surface area contributed by atoms with Gasteiger partial charge in [0.1, 0.15) is 0 Å². The van der Waals surface area contributed by atoms with Crippen molar-refractivity contribution in [2.45, 2.75) is 63.8 Å². The van der Waals surface area contributed by atoms with Gasteiger partial charge in [0, 0.05) is 23.8 Å². The smallest absolute Gasteiger partial charge is 0.274 e. The van der Waals surface area contributed by atoms with E-state index >= 15 is 0 Å². The van der Waals surface area contributed by atoms with Gasteiger partial charge in [-0.25, -0.2) is 4.68 Å². The Kier molecular flexibility index (Phi) is 4.07. The number of fused-ring (bicyclic) bond motifs is 1. The summed E-state index contributed by atoms with van der Waals surface area (Å²) in [6.07, 6.45) is 10.5. The minimum absolute atomic E-state index is 0.187. The number of hydrogen-bond acceptors (Lipinski definition) is 2. The predicted molar refractivity (Wildman–Crippen MR) is 102 cm³/mol. The van der Waals surface area contributed by atoms with Crippen LogP contribution in [0.15, 0.2) is 30.3 Å². The third-order valence-corrected chi connectivity index (χ3v) is 6.03. The number of amides is 1. The summed E-state index contributed by atoms with van der Waals surface area (Å²) in [6.45, 7) is 0.941. The third kappa shape index (κ3) is 3.06. The summed E-state index contributed by atoms with van der Waals surface area (Å²) in [5.74, 6) is 0.918. The summed E-state index contributed by atoms with van der Waals surface area (Å²) < 4.78 is 2.05. The lowest BCUT2D eigenvalue weighted by atomic mass is 10.1. The molecule has 2 aromatic rings. The number of carbonyl (C=O) groups excluding carboxylic acids is 1. The molecule has 26 heavy (non-hydrogen) atoms. The van der Waals surface area contributed by atoms with Gasteiger partial charge in [-0.05, 0) is 69.4 Å². The average molecular weight is 349 g/mol. The van der Waals surface area contributed by atoms with Crippen LogP contribution < -0.4 is 0 Å². The molecule has 0 radical (unpaired) electrons. The summed E-state index contributed by atoms with van der Waals surface area (Å²) in [7, 11) is 0. The normalized spacial score (nSPS) is 19.7. The highest BCUT2D eigenvalue weighted by molar-refractivity contribution is 5.94. The van der Waals surface area contributed by atoms with Gasteiger partial charge in [0.15, 0.2) is 5.69 Å². The summed E-state index contributed by atoms with van der Waals surface area (Å²) in [5.41, 5.74) is 4.29. The second kappa shape index (κ2) is 6.57. The van der Waals surface area contributed by atoms with E-state index in [9.17, 15) is 4.79 Å². The molecule has 3 aliphatic rings. The molecule has 0 bridgehead atoms. The van der Waals surface area contributed by atoms with Crippen LogP contribution in [0.25, 0.3) is 5.69 Å². The van der Waals surface area contributed by atoms with E-state index in [0.29, 0.717) is 6.04 Å². The van der Waals surface area contributed by atoms with Gasteiger partial charge in [-0.3, -0.25) is 4.79 Å². The largest absolute Gasteiger partial charge is 0.334 e. The van der Waals surface area contributed by atoms with Crippen molar-refractivity contribution < 1.29 is 4.79 Å². The molecule has 1 amide bonds. The number of hydrogen-bond donors (Lipinski definition) is 0. The van der Waals surface area contributed by atoms with E-state index in [1.807, 2.05) is 18.2 Å². The lowest BCUT2D eigenvalue weighted by Gasteiger charge is -2.21. The minimum Gasteiger partial charge on any atom is -0.334 e. The Morgan fingerprint density at radius 1 is 1.04 bits per heavy atom. The summed E-state index contributed by atoms with van der Waals surface area (Å²) in [6, 6.07) is 10.8. The molecule has 0 aliphatic heterocycles. The Morgan fingerprint density at radius 2 is 1.81 bits per heavy atom. The molecule has 5 rings (SSSR count). The van der Waals surface area contributed by atoms with Crippen LogP contribution in [0.3, 0.4) is 0 Å². The predicted octanol–water partition coefficient (Wildman–Crippen LogP) is 4.16. The van der Waals surface area contributed by atoms with E-state index in [4.69, 9.17) is 5.10 Å². The van der Waals surface area contributed by atoms with Gasteiger partial charge in [-0.2, -0.15) is 5.10 Å². The number of rotatable bonds is 5. The molecule has 0 N–H and O–H groups in total. The Morgan fingerprint density at radius 3 is 2.54 bits per heavy atom. The molecule has 0 unspecified atom stereocenters. The van der Waals surface area contributed by atoms with Crippen molar-refractivity contribution >= 4 is 5.91 Å². The van der Waals surface area contributed by atoms with Crippen LogP contribution in [0.1, 0.15) is 66.7 Å². The highest BCUT2D eigenvalue weighted by Gasteiger charge is 2.39. The van der Waals surface area contributed by atoms with E-state index in [1.165, 1.54) is 56.2 Å². The van der Waals surface area contributed by atoms with Gasteiger partial charge in [0.25, 0.3) is 5.91 Å². The standard InChI is InChI=1S/C22H27N3O/c26-22(24(17-13-14-17)15-16-11-12-16)21-19-9-5-2-6-10-20(19)25(23-21)18-7-3-1-4-8-18/h1,3-4,7-8,16-17H,2,5-6,9-15H2. The highest BCUT2D eigenvalue weighted by Crippen LogP contribution is 2.36. The number of carbonyl (C=O) groups is 1. The van der Waals surface area contributed by atoms with Crippen molar-refractivity contribution in [2.75, 3.05) is 6.54 Å². The quantitative estimate of drug-likeness (QED) is 0.760. The molecule has 0 saturated heterocycles. The number of nitrogens with zero attached hydrogens (tertiary/aromatic N) is 3. The summed E-state index contributed by atoms with van der Waals surface area (Å²) in [4.78, 5) is 15.6. The Bertz CT molecular complexity index is 802. The maximum absolute atomic E-state index is 13.5. The lowest BCUT2D eigenvalue weighted by molar-refractivity contribution is 0.0727. The molecule has 1 aromatic carbocycles. The Balaban J connectivity index is 1.55. The molecular formula is C22H27N3O. The maximum atomic E-state index is 13.5. The highest BCUT2D eigenvalue weighted by atomic mass is 16.2. The minimum atomic E-state index is 0.187. The fourth-order valence-corrected chi connectivity index (χ4v) is 4.23. The lowest BCUT2D eigenvalue weighted by Crippen LogP contribution is -2.35. The maximum Gasteiger partial charge on any atom is 0.274 e. The zero-order valence-corrected chi connectivity index (χ0v) is 15.4. The second-order valence-electron chi connectivity index (χ2n) is 8.21. The van der Waals surface area contributed by atoms with Crippen LogP contribution in [-0.2, 0) is 12.8 Å². The first-order valence-corrected chi connectivity index (χ1v) is 10.3. The van der Waals surface area contributed by atoms with E-state index < -0.39 is 0 Å². The first-order valence-electron chi connectivity index (χ1n) is 10.3. The molecule has 136 valence electrons. The second-order valence-corrected chi connectivity index (χ2v) is 8.21. The number of benzene rings is 1. The molecule has 1 heterocycles. The van der Waals surface area contributed by atoms with Crippen molar-refractivity contribution in [2.24, 2.45) is 5.92 Å². The van der Waals surface area contributed by atoms with E-state index in [0.717, 1.165) is 36.7 Å². The van der Waals surface area contributed by atoms with Crippen LogP contribution >= 0.6 is 0 Å². The molecule has 1 aromatic heterocycles. The van der Waals surface area contributed by atoms with Crippen molar-refractivity contribution in [3.63, 3.8) is 0 Å². The molecule has 4 heteroatoms. The monoisotopic (exact) mass is 349 g/mol. The van der Waals surface area contributed by atoms with Crippen molar-refractivity contribution in [1.29, 1.82) is 0 Å². The fourth-order valence-electron chi connectivity index (χ4n) is 4.23. The summed E-state index contributed by atoms with van der Waals surface area (Å²) >= 11 is 0. The van der Waals surface area contributed by atoms with Crippen LogP contribution in [0.2, 0.25) is 0 Å². The fraction of sp³-hybridized carbons (Fsp3) is 0.545. The van der Waals surface area contributed by atoms with E-state index in [2.05, 4.69) is 21.7 Å². The van der Waals surface area contributed by atoms with E-state index in [-0.39, 0.29) is 5.91 Å². The Hall–Kier alpha value is -2.10. The van der Waals surface area contributed by atoms with Gasteiger partial charge in [0.2, 0.25) is 0 Å². The van der Waals surface area contributed by atoms with Crippen LogP contribution in [-0.4, -0.2) is 33.2 Å². The molecule has 4 nitrogen and oxygen atoms in total. The zero-order chi connectivity index (χ0) is 17.5. The molecule has 0 spiro atoms. The molecule has 2 saturated carbocycles. The van der Waals surface area contributed by atoms with Gasteiger partial charge in [0.05, 0.1) is 5.69 Å². The molecule has 3 aliphatic carbocycles. The number of aromatic nitrogens is 2. The first-order chi connectivity index (χ1) is 12.8. The van der Waals surface area contributed by atoms with Crippen molar-refractivity contribution in [3.05, 3.63) is 47.3 Å². The third-order valence-electron chi connectivity index (χ3n) is 6.03. The van der Waals surface area contributed by atoms with Crippen LogP contribution in [0, 0.1) is 5.92 Å². The van der Waals surface area contributed by atoms with Gasteiger partial charge in [-0.1, -0.05) is 24.6 Å². The van der Waals surface area contributed by atoms with E-state index in [1.54, 1.807) is 0 Å². The topological polar surface area (TPSA) is 38.1 Å². The van der Waals surface area contributed by atoms with Gasteiger partial charge in [-0.15, -0.1) is 0 Å². The number of para-hydroxylation sites is 1. The molecule has 2 fully saturated rings. The van der Waals surface area contributed by atoms with Crippen LogP contribution in [0.5, 0.6) is 0 Å². The van der Waals surface area contributed by atoms with Crippen molar-refractivity contribution in [3.8, 4) is 5.69 Å². The molecule has 0 atom stereocenters. The Labute approximate surface area is 155 Å². The molecular weight excluding hydrogens is 322 g/mol. The summed E-state index contributed by atoms with van der Waals surface area (Å²) in [5, 5.41) is 4.89. The van der Waals surface area contributed by atoms with Crippen LogP contribution in [0.4, 0.5) is 0 Å².